The van der Waals surface area contributed by atoms with Gasteiger partial charge in [0.25, 0.3) is 0 Å². The average Bonchev–Trinajstić information content (AvgIpc) is 3.31. The Bertz CT molecular complexity index is 991. The van der Waals surface area contributed by atoms with Crippen molar-refractivity contribution in [1.29, 1.82) is 0 Å². The smallest absolute Gasteiger partial charge is 0.205 e. The molecular weight excluding hydrogens is 394 g/mol. The first kappa shape index (κ1) is 18.5. The summed E-state index contributed by atoms with van der Waals surface area (Å²) in [6.07, 6.45) is 0. The van der Waals surface area contributed by atoms with Gasteiger partial charge in [0.2, 0.25) is 5.89 Å². The molecule has 0 saturated heterocycles. The van der Waals surface area contributed by atoms with E-state index in [-0.39, 0.29) is 0 Å². The van der Waals surface area contributed by atoms with Crippen LogP contribution < -0.4 is 0 Å². The van der Waals surface area contributed by atoms with E-state index >= 15 is 0 Å². The van der Waals surface area contributed by atoms with Gasteiger partial charge >= 0.3 is 0 Å². The van der Waals surface area contributed by atoms with Crippen LogP contribution in [0.2, 0.25) is 0 Å². The van der Waals surface area contributed by atoms with Gasteiger partial charge in [-0.2, -0.15) is 0 Å². The standard InChI is InChI=1S/C20H19N3OS3/c1-13(2)15-9-7-14(8-10-15)11-25-19-22-23-20(27-19)26-12-18-21-16-5-3-4-6-17(16)24-18/h3-10,13H,11-12H2,1-2H3. The summed E-state index contributed by atoms with van der Waals surface area (Å²) in [5.74, 6) is 2.85. The second-order valence-electron chi connectivity index (χ2n) is 6.38. The predicted octanol–water partition coefficient (Wildman–Crippen LogP) is 6.39. The van der Waals surface area contributed by atoms with Gasteiger partial charge in [0.15, 0.2) is 14.3 Å². The van der Waals surface area contributed by atoms with Crippen LogP contribution in [0.25, 0.3) is 11.1 Å². The molecule has 0 aliphatic heterocycles. The number of oxazole rings is 1. The number of fused-ring (bicyclic) bond motifs is 1. The Morgan fingerprint density at radius 3 is 2.33 bits per heavy atom. The third-order valence-corrected chi connectivity index (χ3v) is 7.30. The van der Waals surface area contributed by atoms with Crippen molar-refractivity contribution < 1.29 is 4.42 Å². The van der Waals surface area contributed by atoms with Crippen molar-refractivity contribution in [3.05, 3.63) is 65.5 Å². The van der Waals surface area contributed by atoms with Crippen LogP contribution in [0.1, 0.15) is 36.8 Å². The molecule has 4 rings (SSSR count). The highest BCUT2D eigenvalue weighted by Crippen LogP contribution is 2.32. The second-order valence-corrected chi connectivity index (χ2v) is 9.81. The quantitative estimate of drug-likeness (QED) is 0.327. The Morgan fingerprint density at radius 2 is 1.63 bits per heavy atom. The Labute approximate surface area is 170 Å². The summed E-state index contributed by atoms with van der Waals surface area (Å²) >= 11 is 4.96. The van der Waals surface area contributed by atoms with Crippen molar-refractivity contribution in [2.24, 2.45) is 0 Å². The first-order valence-corrected chi connectivity index (χ1v) is 11.5. The van der Waals surface area contributed by atoms with Gasteiger partial charge in [0, 0.05) is 5.75 Å². The van der Waals surface area contributed by atoms with Crippen molar-refractivity contribution in [2.45, 2.75) is 40.0 Å². The fourth-order valence-corrected chi connectivity index (χ4v) is 5.38. The molecule has 0 bridgehead atoms. The van der Waals surface area contributed by atoms with E-state index < -0.39 is 0 Å². The van der Waals surface area contributed by atoms with E-state index in [1.54, 1.807) is 34.9 Å². The maximum Gasteiger partial charge on any atom is 0.205 e. The summed E-state index contributed by atoms with van der Waals surface area (Å²) in [5, 5.41) is 8.57. The molecule has 138 valence electrons. The fraction of sp³-hybridized carbons (Fsp3) is 0.250. The summed E-state index contributed by atoms with van der Waals surface area (Å²) in [5.41, 5.74) is 4.40. The highest BCUT2D eigenvalue weighted by atomic mass is 32.2. The van der Waals surface area contributed by atoms with E-state index in [0.29, 0.717) is 11.7 Å². The minimum atomic E-state index is 0.565. The third kappa shape index (κ3) is 4.72. The molecule has 0 radical (unpaired) electrons. The van der Waals surface area contributed by atoms with Gasteiger partial charge in [-0.25, -0.2) is 4.98 Å². The minimum absolute atomic E-state index is 0.565. The van der Waals surface area contributed by atoms with Gasteiger partial charge in [0.05, 0.1) is 5.75 Å². The molecule has 7 heteroatoms. The molecule has 0 fully saturated rings. The summed E-state index contributed by atoms with van der Waals surface area (Å²) in [6.45, 7) is 4.43. The topological polar surface area (TPSA) is 51.8 Å². The number of nitrogens with zero attached hydrogens (tertiary/aromatic N) is 3. The molecule has 2 heterocycles. The SMILES string of the molecule is CC(C)c1ccc(CSc2nnc(SCc3nc4ccccc4o3)s2)cc1. The van der Waals surface area contributed by atoms with Crippen LogP contribution in [-0.2, 0) is 11.5 Å². The largest absolute Gasteiger partial charge is 0.440 e. The molecule has 0 aliphatic rings. The van der Waals surface area contributed by atoms with Gasteiger partial charge in [-0.15, -0.1) is 10.2 Å². The third-order valence-electron chi connectivity index (χ3n) is 4.05. The molecule has 0 unspecified atom stereocenters. The van der Waals surface area contributed by atoms with E-state index in [4.69, 9.17) is 4.42 Å². The number of hydrogen-bond donors (Lipinski definition) is 0. The van der Waals surface area contributed by atoms with Crippen LogP contribution in [-0.4, -0.2) is 15.2 Å². The van der Waals surface area contributed by atoms with Gasteiger partial charge in [-0.05, 0) is 29.2 Å². The Kier molecular flexibility index (Phi) is 5.80. The zero-order valence-corrected chi connectivity index (χ0v) is 17.5. The summed E-state index contributed by atoms with van der Waals surface area (Å²) in [6, 6.07) is 16.6. The molecule has 0 aliphatic carbocycles. The Hall–Kier alpha value is -1.83. The van der Waals surface area contributed by atoms with Crippen LogP contribution in [0.5, 0.6) is 0 Å². The molecule has 0 spiro atoms. The van der Waals surface area contributed by atoms with Crippen molar-refractivity contribution >= 4 is 46.0 Å². The molecular formula is C20H19N3OS3. The minimum Gasteiger partial charge on any atom is -0.440 e. The number of rotatable bonds is 7. The predicted molar refractivity (Wildman–Crippen MR) is 114 cm³/mol. The van der Waals surface area contributed by atoms with Crippen molar-refractivity contribution in [3.63, 3.8) is 0 Å². The number of aromatic nitrogens is 3. The van der Waals surface area contributed by atoms with Crippen molar-refractivity contribution in [2.75, 3.05) is 0 Å². The zero-order valence-electron chi connectivity index (χ0n) is 15.1. The lowest BCUT2D eigenvalue weighted by Gasteiger charge is -2.05. The maximum atomic E-state index is 5.75. The molecule has 0 atom stereocenters. The molecule has 27 heavy (non-hydrogen) atoms. The highest BCUT2D eigenvalue weighted by molar-refractivity contribution is 8.02. The molecule has 0 N–H and O–H groups in total. The molecule has 4 nitrogen and oxygen atoms in total. The fourth-order valence-electron chi connectivity index (χ4n) is 2.56. The van der Waals surface area contributed by atoms with E-state index in [9.17, 15) is 0 Å². The summed E-state index contributed by atoms with van der Waals surface area (Å²) in [7, 11) is 0. The molecule has 2 aromatic heterocycles. The van der Waals surface area contributed by atoms with Crippen LogP contribution in [0, 0.1) is 0 Å². The zero-order chi connectivity index (χ0) is 18.6. The first-order chi connectivity index (χ1) is 13.2. The van der Waals surface area contributed by atoms with Crippen molar-refractivity contribution in [1.82, 2.24) is 15.2 Å². The van der Waals surface area contributed by atoms with Gasteiger partial charge in [0.1, 0.15) is 5.52 Å². The Morgan fingerprint density at radius 1 is 0.926 bits per heavy atom. The molecule has 0 amide bonds. The lowest BCUT2D eigenvalue weighted by molar-refractivity contribution is 0.556. The number of para-hydroxylation sites is 2. The summed E-state index contributed by atoms with van der Waals surface area (Å²) in [4.78, 5) is 4.49. The van der Waals surface area contributed by atoms with Gasteiger partial charge < -0.3 is 4.42 Å². The monoisotopic (exact) mass is 413 g/mol. The maximum absolute atomic E-state index is 5.75. The molecule has 2 aromatic carbocycles. The number of thioether (sulfide) groups is 2. The van der Waals surface area contributed by atoms with E-state index in [0.717, 1.165) is 31.4 Å². The van der Waals surface area contributed by atoms with E-state index in [2.05, 4.69) is 53.3 Å². The second kappa shape index (κ2) is 8.46. The Balaban J connectivity index is 1.31. The molecule has 4 aromatic rings. The van der Waals surface area contributed by atoms with E-state index in [1.807, 2.05) is 24.3 Å². The number of hydrogen-bond acceptors (Lipinski definition) is 7. The van der Waals surface area contributed by atoms with Crippen LogP contribution >= 0.6 is 34.9 Å². The van der Waals surface area contributed by atoms with Crippen LogP contribution in [0.3, 0.4) is 0 Å². The van der Waals surface area contributed by atoms with Crippen LogP contribution in [0.4, 0.5) is 0 Å². The first-order valence-electron chi connectivity index (χ1n) is 8.70. The lowest BCUT2D eigenvalue weighted by Crippen LogP contribution is -1.87. The average molecular weight is 414 g/mol. The lowest BCUT2D eigenvalue weighted by atomic mass is 10.0. The molecule has 0 saturated carbocycles. The number of benzene rings is 2. The van der Waals surface area contributed by atoms with Gasteiger partial charge in [-0.3, -0.25) is 0 Å². The summed E-state index contributed by atoms with van der Waals surface area (Å²) < 4.78 is 7.68. The highest BCUT2D eigenvalue weighted by Gasteiger charge is 2.10. The van der Waals surface area contributed by atoms with E-state index in [1.165, 1.54) is 11.1 Å². The van der Waals surface area contributed by atoms with Crippen LogP contribution in [0.15, 0.2) is 61.6 Å². The normalized spacial score (nSPS) is 11.5. The van der Waals surface area contributed by atoms with Gasteiger partial charge in [-0.1, -0.05) is 85.1 Å². The van der Waals surface area contributed by atoms with Crippen molar-refractivity contribution in [3.8, 4) is 0 Å².